The number of nitrogens with one attached hydrogen (secondary N) is 1. The van der Waals surface area contributed by atoms with Crippen molar-refractivity contribution in [3.63, 3.8) is 0 Å². The first-order valence-corrected chi connectivity index (χ1v) is 7.96. The number of carboxylic acid groups (broad SMARTS) is 1. The zero-order valence-corrected chi connectivity index (χ0v) is 13.5. The molecule has 2 amide bonds. The third kappa shape index (κ3) is 6.43. The predicted octanol–water partition coefficient (Wildman–Crippen LogP) is 0.300. The molecule has 7 heteroatoms. The van der Waals surface area contributed by atoms with Crippen molar-refractivity contribution in [1.29, 1.82) is 0 Å². The third-order valence-corrected chi connectivity index (χ3v) is 3.68. The van der Waals surface area contributed by atoms with E-state index in [1.54, 1.807) is 16.7 Å². The van der Waals surface area contributed by atoms with E-state index in [1.807, 2.05) is 6.92 Å². The summed E-state index contributed by atoms with van der Waals surface area (Å²) in [5.41, 5.74) is 0. The van der Waals surface area contributed by atoms with Gasteiger partial charge in [-0.2, -0.15) is 0 Å². The van der Waals surface area contributed by atoms with Crippen LogP contribution in [0, 0.1) is 0 Å². The minimum atomic E-state index is -0.960. The Morgan fingerprint density at radius 2 is 1.82 bits per heavy atom. The third-order valence-electron chi connectivity index (χ3n) is 3.68. The quantitative estimate of drug-likeness (QED) is 0.673. The number of hydrogen-bond donors (Lipinski definition) is 2. The number of carbonyl (C=O) groups is 3. The normalized spacial score (nSPS) is 16.4. The molecule has 0 radical (unpaired) electrons. The smallest absolute Gasteiger partial charge is 0.317 e. The first-order valence-electron chi connectivity index (χ1n) is 7.96. The Morgan fingerprint density at radius 3 is 2.36 bits per heavy atom. The van der Waals surface area contributed by atoms with Crippen LogP contribution < -0.4 is 5.32 Å². The van der Waals surface area contributed by atoms with Crippen LogP contribution in [0.4, 0.5) is 0 Å². The van der Waals surface area contributed by atoms with Crippen LogP contribution in [0.25, 0.3) is 0 Å². The summed E-state index contributed by atoms with van der Waals surface area (Å²) in [6.07, 6.45) is 3.93. The molecule has 0 aromatic carbocycles. The van der Waals surface area contributed by atoms with Crippen LogP contribution in [0.15, 0.2) is 0 Å². The van der Waals surface area contributed by atoms with Gasteiger partial charge in [-0.25, -0.2) is 0 Å². The number of likely N-dealkylation sites (tertiary alicyclic amines) is 1. The van der Waals surface area contributed by atoms with E-state index in [2.05, 4.69) is 5.32 Å². The molecule has 0 bridgehead atoms. The van der Waals surface area contributed by atoms with E-state index >= 15 is 0 Å². The second kappa shape index (κ2) is 9.40. The van der Waals surface area contributed by atoms with Gasteiger partial charge in [0.25, 0.3) is 0 Å². The number of carbonyl (C=O) groups excluding carboxylic acids is 2. The van der Waals surface area contributed by atoms with Crippen molar-refractivity contribution in [3.05, 3.63) is 0 Å². The minimum Gasteiger partial charge on any atom is -0.480 e. The predicted molar refractivity (Wildman–Crippen MR) is 82.4 cm³/mol. The molecule has 1 heterocycles. The molecule has 1 aliphatic heterocycles. The fourth-order valence-corrected chi connectivity index (χ4v) is 2.66. The molecule has 1 unspecified atom stereocenters. The van der Waals surface area contributed by atoms with E-state index in [4.69, 9.17) is 5.11 Å². The summed E-state index contributed by atoms with van der Waals surface area (Å²) in [7, 11) is 0. The van der Waals surface area contributed by atoms with E-state index in [1.165, 1.54) is 0 Å². The fourth-order valence-electron chi connectivity index (χ4n) is 2.66. The van der Waals surface area contributed by atoms with E-state index in [0.29, 0.717) is 6.54 Å². The molecule has 1 aliphatic rings. The maximum absolute atomic E-state index is 12.2. The lowest BCUT2D eigenvalue weighted by Crippen LogP contribution is -2.50. The van der Waals surface area contributed by atoms with Crippen LogP contribution in [0.3, 0.4) is 0 Å². The topological polar surface area (TPSA) is 90.0 Å². The van der Waals surface area contributed by atoms with Crippen LogP contribution in [0.2, 0.25) is 0 Å². The van der Waals surface area contributed by atoms with Gasteiger partial charge < -0.3 is 15.3 Å². The van der Waals surface area contributed by atoms with Crippen LogP contribution in [0.5, 0.6) is 0 Å². The standard InChI is InChI=1S/C15H27N3O4/c1-3-7-17(11-14(20)21)10-13(19)16-12(2)15(22)18-8-5-4-6-9-18/h12H,3-11H2,1-2H3,(H,16,19)(H,20,21). The number of amides is 2. The lowest BCUT2D eigenvalue weighted by atomic mass is 10.1. The van der Waals surface area contributed by atoms with Gasteiger partial charge in [-0.05, 0) is 39.2 Å². The Bertz CT molecular complexity index is 394. The van der Waals surface area contributed by atoms with Crippen molar-refractivity contribution in [2.75, 3.05) is 32.7 Å². The molecule has 0 aromatic rings. The largest absolute Gasteiger partial charge is 0.480 e. The SMILES string of the molecule is CCCN(CC(=O)O)CC(=O)NC(C)C(=O)N1CCCCC1. The molecule has 0 spiro atoms. The van der Waals surface area contributed by atoms with E-state index in [9.17, 15) is 14.4 Å². The Kier molecular flexibility index (Phi) is 7.87. The number of aliphatic carboxylic acids is 1. The van der Waals surface area contributed by atoms with Gasteiger partial charge in [0, 0.05) is 13.1 Å². The monoisotopic (exact) mass is 313 g/mol. The van der Waals surface area contributed by atoms with Gasteiger partial charge in [0.15, 0.2) is 0 Å². The Morgan fingerprint density at radius 1 is 1.18 bits per heavy atom. The molecule has 1 atom stereocenters. The Hall–Kier alpha value is -1.63. The second-order valence-electron chi connectivity index (χ2n) is 5.78. The highest BCUT2D eigenvalue weighted by atomic mass is 16.4. The van der Waals surface area contributed by atoms with Crippen LogP contribution in [0.1, 0.15) is 39.5 Å². The number of hydrogen-bond acceptors (Lipinski definition) is 4. The average Bonchev–Trinajstić information content (AvgIpc) is 2.46. The molecule has 2 N–H and O–H groups in total. The molecule has 7 nitrogen and oxygen atoms in total. The molecule has 0 aliphatic carbocycles. The maximum atomic E-state index is 12.2. The highest BCUT2D eigenvalue weighted by Crippen LogP contribution is 2.09. The summed E-state index contributed by atoms with van der Waals surface area (Å²) in [6.45, 7) is 5.47. The zero-order valence-electron chi connectivity index (χ0n) is 13.5. The van der Waals surface area contributed by atoms with Crippen molar-refractivity contribution in [3.8, 4) is 0 Å². The molecule has 22 heavy (non-hydrogen) atoms. The van der Waals surface area contributed by atoms with Gasteiger partial charge in [-0.15, -0.1) is 0 Å². The van der Waals surface area contributed by atoms with Gasteiger partial charge in [0.1, 0.15) is 6.04 Å². The van der Waals surface area contributed by atoms with Crippen molar-refractivity contribution in [1.82, 2.24) is 15.1 Å². The molecule has 1 fully saturated rings. The number of piperidine rings is 1. The van der Waals surface area contributed by atoms with E-state index in [0.717, 1.165) is 38.8 Å². The van der Waals surface area contributed by atoms with Crippen molar-refractivity contribution in [2.45, 2.75) is 45.6 Å². The first-order chi connectivity index (χ1) is 10.4. The van der Waals surface area contributed by atoms with Gasteiger partial charge >= 0.3 is 5.97 Å². The van der Waals surface area contributed by atoms with Gasteiger partial charge in [0.2, 0.25) is 11.8 Å². The Labute approximate surface area is 131 Å². The molecule has 1 rings (SSSR count). The zero-order chi connectivity index (χ0) is 16.5. The molecular formula is C15H27N3O4. The summed E-state index contributed by atoms with van der Waals surface area (Å²) < 4.78 is 0. The lowest BCUT2D eigenvalue weighted by molar-refractivity contribution is -0.140. The fraction of sp³-hybridized carbons (Fsp3) is 0.800. The van der Waals surface area contributed by atoms with Crippen LogP contribution in [-0.2, 0) is 14.4 Å². The highest BCUT2D eigenvalue weighted by Gasteiger charge is 2.24. The van der Waals surface area contributed by atoms with Crippen molar-refractivity contribution >= 4 is 17.8 Å². The van der Waals surface area contributed by atoms with Gasteiger partial charge in [-0.1, -0.05) is 6.92 Å². The van der Waals surface area contributed by atoms with Crippen molar-refractivity contribution < 1.29 is 19.5 Å². The van der Waals surface area contributed by atoms with E-state index < -0.39 is 12.0 Å². The molecule has 126 valence electrons. The number of nitrogens with zero attached hydrogens (tertiary/aromatic N) is 2. The lowest BCUT2D eigenvalue weighted by Gasteiger charge is -2.29. The number of rotatable bonds is 8. The van der Waals surface area contributed by atoms with Gasteiger partial charge in [0.05, 0.1) is 13.1 Å². The number of carboxylic acids is 1. The van der Waals surface area contributed by atoms with E-state index in [-0.39, 0.29) is 24.9 Å². The van der Waals surface area contributed by atoms with Gasteiger partial charge in [-0.3, -0.25) is 19.3 Å². The summed E-state index contributed by atoms with van der Waals surface area (Å²) in [6, 6.07) is -0.570. The molecule has 0 aromatic heterocycles. The summed E-state index contributed by atoms with van der Waals surface area (Å²) >= 11 is 0. The first kappa shape index (κ1) is 18.4. The molecular weight excluding hydrogens is 286 g/mol. The average molecular weight is 313 g/mol. The van der Waals surface area contributed by atoms with Crippen molar-refractivity contribution in [2.24, 2.45) is 0 Å². The molecule has 0 saturated carbocycles. The second-order valence-corrected chi connectivity index (χ2v) is 5.78. The summed E-state index contributed by atoms with van der Waals surface area (Å²) in [4.78, 5) is 38.3. The Balaban J connectivity index is 2.44. The van der Waals surface area contributed by atoms with Crippen LogP contribution in [-0.4, -0.2) is 71.5 Å². The summed E-state index contributed by atoms with van der Waals surface area (Å²) in [5.74, 6) is -1.33. The summed E-state index contributed by atoms with van der Waals surface area (Å²) in [5, 5.41) is 11.5. The van der Waals surface area contributed by atoms with Crippen LogP contribution >= 0.6 is 0 Å². The molecule has 1 saturated heterocycles. The minimum absolute atomic E-state index is 0.00222. The highest BCUT2D eigenvalue weighted by molar-refractivity contribution is 5.88. The maximum Gasteiger partial charge on any atom is 0.317 e.